The fourth-order valence-electron chi connectivity index (χ4n) is 5.22. The predicted octanol–water partition coefficient (Wildman–Crippen LogP) is 15.3. The fourth-order valence-corrected chi connectivity index (χ4v) is 26.7. The lowest BCUT2D eigenvalue weighted by Gasteiger charge is -2.11. The summed E-state index contributed by atoms with van der Waals surface area (Å²) in [5.41, 5.74) is 0. The van der Waals surface area contributed by atoms with Gasteiger partial charge in [0.25, 0.3) is 0 Å². The van der Waals surface area contributed by atoms with Crippen molar-refractivity contribution in [1.29, 1.82) is 0 Å². The molecule has 16 heteroatoms. The lowest BCUT2D eigenvalue weighted by molar-refractivity contribution is 1.57. The number of hydrogen-bond donors (Lipinski definition) is 0. The van der Waals surface area contributed by atoms with Crippen molar-refractivity contribution in [3.8, 4) is 0 Å². The number of rotatable bonds is 11. The summed E-state index contributed by atoms with van der Waals surface area (Å²) >= 11 is 31.1. The number of benzene rings is 3. The van der Waals surface area contributed by atoms with Gasteiger partial charge in [0.2, 0.25) is 0 Å². The first-order valence-corrected chi connectivity index (χ1v) is 30.7. The van der Waals surface area contributed by atoms with E-state index in [0.29, 0.717) is 0 Å². The highest BCUT2D eigenvalue weighted by molar-refractivity contribution is 8.47. The standard InChI is InChI=1S/C34H30S16/c1-35-25-26(36-2)44-23(43-25)21-17-11-7-9-13-19(17)22(20-14-10-8-12-18(20)21)24-45-29(39-5)31(46-24)41-15-16-42-32-30(40-6)49-34(50-32)33-47-27(37-3)28(38-4)48-33/h7-14H,15-16H2,1-6H3. The summed E-state index contributed by atoms with van der Waals surface area (Å²) < 4.78 is 17.3. The van der Waals surface area contributed by atoms with Crippen molar-refractivity contribution < 1.29 is 0 Å². The SMILES string of the molecule is CSC1=C(SC)SC(=C2SC(SC)=C(SCCSC3=C(SC)SC(=c4c5ccccc5c(=C5SC(SC)=C(SC)S5)c5ccccc45)S3)S2)S1. The minimum absolute atomic E-state index is 1.10. The van der Waals surface area contributed by atoms with Crippen LogP contribution in [0, 0.1) is 0 Å². The zero-order chi connectivity index (χ0) is 34.8. The quantitative estimate of drug-likeness (QED) is 0.132. The van der Waals surface area contributed by atoms with Gasteiger partial charge >= 0.3 is 0 Å². The Morgan fingerprint density at radius 3 is 0.880 bits per heavy atom. The van der Waals surface area contributed by atoms with Crippen molar-refractivity contribution in [3.63, 3.8) is 0 Å². The zero-order valence-electron chi connectivity index (χ0n) is 27.6. The van der Waals surface area contributed by atoms with Crippen LogP contribution < -0.4 is 10.4 Å². The molecule has 4 aliphatic rings. The average Bonchev–Trinajstić information content (AvgIpc) is 3.96. The van der Waals surface area contributed by atoms with E-state index in [9.17, 15) is 0 Å². The van der Waals surface area contributed by atoms with Crippen LogP contribution >= 0.6 is 188 Å². The van der Waals surface area contributed by atoms with Gasteiger partial charge in [-0.1, -0.05) is 143 Å². The van der Waals surface area contributed by atoms with Crippen molar-refractivity contribution in [2.75, 3.05) is 49.0 Å². The summed E-state index contributed by atoms with van der Waals surface area (Å²) in [5, 5.41) is 8.21. The second-order valence-corrected chi connectivity index (χ2v) is 28.4. The first kappa shape index (κ1) is 40.4. The summed E-state index contributed by atoms with van der Waals surface area (Å²) in [6.07, 6.45) is 13.3. The Balaban J connectivity index is 1.13. The maximum absolute atomic E-state index is 2.35. The largest absolute Gasteiger partial charge is 0.121 e. The molecule has 0 aromatic heterocycles. The van der Waals surface area contributed by atoms with Gasteiger partial charge in [-0.15, -0.1) is 94.1 Å². The maximum Gasteiger partial charge on any atom is 0.0717 e. The molecule has 0 bridgehead atoms. The van der Waals surface area contributed by atoms with Crippen LogP contribution in [0.5, 0.6) is 0 Å². The molecule has 0 aliphatic carbocycles. The Morgan fingerprint density at radius 2 is 0.580 bits per heavy atom. The van der Waals surface area contributed by atoms with E-state index in [0.717, 1.165) is 11.5 Å². The van der Waals surface area contributed by atoms with Gasteiger partial charge in [0.15, 0.2) is 0 Å². The second kappa shape index (κ2) is 19.1. The van der Waals surface area contributed by atoms with Crippen LogP contribution in [0.4, 0.5) is 0 Å². The van der Waals surface area contributed by atoms with Gasteiger partial charge in [-0.3, -0.25) is 0 Å². The summed E-state index contributed by atoms with van der Waals surface area (Å²) in [5.74, 6) is 2.20. The molecule has 0 saturated heterocycles. The molecule has 4 heterocycles. The van der Waals surface area contributed by atoms with E-state index in [-0.39, 0.29) is 0 Å². The topological polar surface area (TPSA) is 0 Å². The fraction of sp³-hybridized carbons (Fsp3) is 0.235. The van der Waals surface area contributed by atoms with Gasteiger partial charge in [0, 0.05) is 21.9 Å². The zero-order valence-corrected chi connectivity index (χ0v) is 40.6. The molecule has 3 aromatic rings. The van der Waals surface area contributed by atoms with E-state index >= 15 is 0 Å². The van der Waals surface area contributed by atoms with E-state index < -0.39 is 0 Å². The molecule has 0 N–H and O–H groups in total. The van der Waals surface area contributed by atoms with E-state index in [1.165, 1.54) is 82.8 Å². The highest BCUT2D eigenvalue weighted by atomic mass is 32.3. The van der Waals surface area contributed by atoms with Gasteiger partial charge < -0.3 is 0 Å². The van der Waals surface area contributed by atoms with E-state index in [1.54, 1.807) is 0 Å². The molecule has 7 rings (SSSR count). The molecule has 262 valence electrons. The molecule has 0 fully saturated rings. The van der Waals surface area contributed by atoms with Crippen molar-refractivity contribution in [1.82, 2.24) is 0 Å². The smallest absolute Gasteiger partial charge is 0.0717 e. The molecule has 4 aliphatic heterocycles. The summed E-state index contributed by atoms with van der Waals surface area (Å²) in [7, 11) is 0. The highest BCUT2D eigenvalue weighted by Gasteiger charge is 2.30. The minimum Gasteiger partial charge on any atom is -0.121 e. The summed E-state index contributed by atoms with van der Waals surface area (Å²) in [6.45, 7) is 0. The van der Waals surface area contributed by atoms with Crippen LogP contribution in [0.1, 0.15) is 0 Å². The van der Waals surface area contributed by atoms with Crippen molar-refractivity contribution in [3.05, 3.63) is 101 Å². The Labute approximate surface area is 363 Å². The predicted molar refractivity (Wildman–Crippen MR) is 269 cm³/mol. The molecule has 50 heavy (non-hydrogen) atoms. The van der Waals surface area contributed by atoms with Crippen LogP contribution in [0.2, 0.25) is 0 Å². The monoisotopic (exact) mass is 950 g/mol. The van der Waals surface area contributed by atoms with Crippen molar-refractivity contribution in [2.24, 2.45) is 0 Å². The molecule has 0 atom stereocenters. The Bertz CT molecular complexity index is 2040. The van der Waals surface area contributed by atoms with Gasteiger partial charge in [0.05, 0.1) is 50.8 Å². The average molecular weight is 952 g/mol. The van der Waals surface area contributed by atoms with Gasteiger partial charge in [-0.2, -0.15) is 0 Å². The summed E-state index contributed by atoms with van der Waals surface area (Å²) in [4.78, 5) is 0. The summed E-state index contributed by atoms with van der Waals surface area (Å²) in [6, 6.07) is 18.2. The van der Waals surface area contributed by atoms with Crippen LogP contribution in [0.15, 0.2) is 90.9 Å². The molecule has 3 aromatic carbocycles. The third-order valence-corrected chi connectivity index (χ3v) is 29.3. The van der Waals surface area contributed by atoms with Gasteiger partial charge in [-0.25, -0.2) is 0 Å². The van der Waals surface area contributed by atoms with Crippen LogP contribution in [-0.4, -0.2) is 49.0 Å². The highest BCUT2D eigenvalue weighted by Crippen LogP contribution is 2.66. The first-order chi connectivity index (χ1) is 24.5. The third kappa shape index (κ3) is 8.56. The van der Waals surface area contributed by atoms with Crippen LogP contribution in [0.25, 0.3) is 30.0 Å². The molecular formula is C34H30S16. The number of fused-ring (bicyclic) bond motifs is 2. The molecule has 0 amide bonds. The minimum atomic E-state index is 1.10. The molecule has 0 unspecified atom stereocenters. The molecule has 0 saturated carbocycles. The molecular weight excluding hydrogens is 921 g/mol. The van der Waals surface area contributed by atoms with E-state index in [2.05, 4.69) is 86.1 Å². The normalized spacial score (nSPS) is 18.7. The second-order valence-electron chi connectivity index (χ2n) is 10.0. The van der Waals surface area contributed by atoms with E-state index in [4.69, 9.17) is 0 Å². The number of thioether (sulfide) groups is 16. The van der Waals surface area contributed by atoms with Crippen LogP contribution in [-0.2, 0) is 0 Å². The molecule has 0 nitrogen and oxygen atoms in total. The third-order valence-electron chi connectivity index (χ3n) is 7.32. The first-order valence-electron chi connectivity index (χ1n) is 14.8. The van der Waals surface area contributed by atoms with Gasteiger partial charge in [0.1, 0.15) is 0 Å². The number of hydrogen-bond acceptors (Lipinski definition) is 16. The Morgan fingerprint density at radius 1 is 0.340 bits per heavy atom. The lowest BCUT2D eigenvalue weighted by atomic mass is 9.99. The Kier molecular flexibility index (Phi) is 15.4. The van der Waals surface area contributed by atoms with Crippen molar-refractivity contribution >= 4 is 218 Å². The van der Waals surface area contributed by atoms with Crippen molar-refractivity contribution in [2.45, 2.75) is 0 Å². The Hall–Kier alpha value is 2.22. The molecule has 0 spiro atoms. The van der Waals surface area contributed by atoms with Crippen LogP contribution in [0.3, 0.4) is 0 Å². The van der Waals surface area contributed by atoms with Gasteiger partial charge in [-0.05, 0) is 59.1 Å². The lowest BCUT2D eigenvalue weighted by Crippen LogP contribution is -2.16. The maximum atomic E-state index is 2.35. The molecule has 0 radical (unpaired) electrons. The van der Waals surface area contributed by atoms with E-state index in [1.807, 2.05) is 188 Å².